The van der Waals surface area contributed by atoms with Gasteiger partial charge in [0.1, 0.15) is 5.54 Å². The van der Waals surface area contributed by atoms with Crippen molar-refractivity contribution in [2.45, 2.75) is 46.1 Å². The molecule has 0 aliphatic heterocycles. The van der Waals surface area contributed by atoms with E-state index in [2.05, 4.69) is 19.2 Å². The van der Waals surface area contributed by atoms with Gasteiger partial charge in [0, 0.05) is 5.69 Å². The maximum absolute atomic E-state index is 11.5. The van der Waals surface area contributed by atoms with Crippen LogP contribution in [0.2, 0.25) is 0 Å². The Labute approximate surface area is 109 Å². The van der Waals surface area contributed by atoms with E-state index in [9.17, 15) is 9.90 Å². The van der Waals surface area contributed by atoms with Crippen LogP contribution in [0, 0.1) is 12.8 Å². The van der Waals surface area contributed by atoms with Gasteiger partial charge in [0.2, 0.25) is 0 Å². The van der Waals surface area contributed by atoms with E-state index in [1.54, 1.807) is 6.92 Å². The lowest BCUT2D eigenvalue weighted by Gasteiger charge is -2.29. The van der Waals surface area contributed by atoms with Crippen molar-refractivity contribution in [3.8, 4) is 0 Å². The van der Waals surface area contributed by atoms with Crippen molar-refractivity contribution in [3.63, 3.8) is 0 Å². The summed E-state index contributed by atoms with van der Waals surface area (Å²) >= 11 is 0. The highest BCUT2D eigenvalue weighted by Crippen LogP contribution is 2.24. The SMILES string of the molecule is Cc1ccccc1NC(C)(CCC(C)C)C(=O)O. The number of carboxylic acids is 1. The molecule has 0 heterocycles. The van der Waals surface area contributed by atoms with Gasteiger partial charge >= 0.3 is 5.97 Å². The number of hydrogen-bond acceptors (Lipinski definition) is 2. The van der Waals surface area contributed by atoms with Crippen LogP contribution in [-0.4, -0.2) is 16.6 Å². The fraction of sp³-hybridized carbons (Fsp3) is 0.533. The van der Waals surface area contributed by atoms with Gasteiger partial charge in [0.25, 0.3) is 0 Å². The minimum Gasteiger partial charge on any atom is -0.480 e. The number of carbonyl (C=O) groups is 1. The van der Waals surface area contributed by atoms with Crippen molar-refractivity contribution in [2.24, 2.45) is 5.92 Å². The summed E-state index contributed by atoms with van der Waals surface area (Å²) in [6.45, 7) is 7.95. The second-order valence-corrected chi connectivity index (χ2v) is 5.51. The first-order valence-corrected chi connectivity index (χ1v) is 6.42. The van der Waals surface area contributed by atoms with Gasteiger partial charge in [0.05, 0.1) is 0 Å². The molecule has 1 unspecified atom stereocenters. The van der Waals surface area contributed by atoms with Crippen molar-refractivity contribution >= 4 is 11.7 Å². The molecule has 0 amide bonds. The largest absolute Gasteiger partial charge is 0.480 e. The summed E-state index contributed by atoms with van der Waals surface area (Å²) in [4.78, 5) is 11.5. The second kappa shape index (κ2) is 5.89. The number of anilines is 1. The highest BCUT2D eigenvalue weighted by molar-refractivity contribution is 5.82. The zero-order valence-electron chi connectivity index (χ0n) is 11.7. The van der Waals surface area contributed by atoms with Crippen LogP contribution < -0.4 is 5.32 Å². The van der Waals surface area contributed by atoms with Gasteiger partial charge in [0.15, 0.2) is 0 Å². The zero-order chi connectivity index (χ0) is 13.8. The highest BCUT2D eigenvalue weighted by atomic mass is 16.4. The minimum absolute atomic E-state index is 0.502. The van der Waals surface area contributed by atoms with E-state index in [1.165, 1.54) is 0 Å². The average Bonchev–Trinajstić information content (AvgIpc) is 2.29. The van der Waals surface area contributed by atoms with Gasteiger partial charge < -0.3 is 10.4 Å². The summed E-state index contributed by atoms with van der Waals surface area (Å²) in [7, 11) is 0. The Morgan fingerprint density at radius 2 is 2.00 bits per heavy atom. The van der Waals surface area contributed by atoms with Crippen molar-refractivity contribution < 1.29 is 9.90 Å². The molecule has 1 aromatic rings. The topological polar surface area (TPSA) is 49.3 Å². The summed E-state index contributed by atoms with van der Waals surface area (Å²) in [5, 5.41) is 12.6. The van der Waals surface area contributed by atoms with Crippen LogP contribution in [0.5, 0.6) is 0 Å². The van der Waals surface area contributed by atoms with Crippen LogP contribution in [0.4, 0.5) is 5.69 Å². The van der Waals surface area contributed by atoms with E-state index in [-0.39, 0.29) is 0 Å². The Bertz CT molecular complexity index is 415. The fourth-order valence-electron chi connectivity index (χ4n) is 1.81. The molecule has 0 aliphatic rings. The standard InChI is InChI=1S/C15H23NO2/c1-11(2)9-10-15(4,14(17)18)16-13-8-6-5-7-12(13)3/h5-8,11,16H,9-10H2,1-4H3,(H,17,18). The van der Waals surface area contributed by atoms with Crippen molar-refractivity contribution in [1.82, 2.24) is 0 Å². The number of nitrogens with one attached hydrogen (secondary N) is 1. The number of para-hydroxylation sites is 1. The maximum atomic E-state index is 11.5. The number of aryl methyl sites for hydroxylation is 1. The number of benzene rings is 1. The van der Waals surface area contributed by atoms with Crippen molar-refractivity contribution in [2.75, 3.05) is 5.32 Å². The molecule has 3 nitrogen and oxygen atoms in total. The lowest BCUT2D eigenvalue weighted by molar-refractivity contribution is -0.142. The molecule has 0 fully saturated rings. The predicted molar refractivity (Wildman–Crippen MR) is 74.9 cm³/mol. The highest BCUT2D eigenvalue weighted by Gasteiger charge is 2.32. The molecule has 0 saturated carbocycles. The predicted octanol–water partition coefficient (Wildman–Crippen LogP) is 3.69. The number of aliphatic carboxylic acids is 1. The second-order valence-electron chi connectivity index (χ2n) is 5.51. The maximum Gasteiger partial charge on any atom is 0.329 e. The molecule has 100 valence electrons. The van der Waals surface area contributed by atoms with Crippen LogP contribution in [-0.2, 0) is 4.79 Å². The summed E-state index contributed by atoms with van der Waals surface area (Å²) in [6.07, 6.45) is 1.51. The third-order valence-electron chi connectivity index (χ3n) is 3.25. The normalized spacial score (nSPS) is 14.3. The quantitative estimate of drug-likeness (QED) is 0.808. The Kier molecular flexibility index (Phi) is 4.76. The molecular formula is C15H23NO2. The molecule has 0 saturated heterocycles. The zero-order valence-corrected chi connectivity index (χ0v) is 11.7. The van der Waals surface area contributed by atoms with Gasteiger partial charge in [-0.3, -0.25) is 0 Å². The molecule has 1 atom stereocenters. The molecule has 1 aromatic carbocycles. The van der Waals surface area contributed by atoms with Gasteiger partial charge in [-0.25, -0.2) is 4.79 Å². The van der Waals surface area contributed by atoms with Crippen molar-refractivity contribution in [1.29, 1.82) is 0 Å². The molecule has 3 heteroatoms. The van der Waals surface area contributed by atoms with Crippen LogP contribution in [0.15, 0.2) is 24.3 Å². The number of hydrogen-bond donors (Lipinski definition) is 2. The van der Waals surface area contributed by atoms with Gasteiger partial charge in [-0.15, -0.1) is 0 Å². The van der Waals surface area contributed by atoms with Gasteiger partial charge in [-0.05, 0) is 44.2 Å². The first-order valence-electron chi connectivity index (χ1n) is 6.42. The lowest BCUT2D eigenvalue weighted by Crippen LogP contribution is -2.43. The average molecular weight is 249 g/mol. The molecule has 1 rings (SSSR count). The molecule has 2 N–H and O–H groups in total. The van der Waals surface area contributed by atoms with E-state index in [1.807, 2.05) is 31.2 Å². The third-order valence-corrected chi connectivity index (χ3v) is 3.25. The summed E-state index contributed by atoms with van der Waals surface area (Å²) in [6, 6.07) is 7.77. The van der Waals surface area contributed by atoms with E-state index in [0.717, 1.165) is 17.7 Å². The molecule has 0 aliphatic carbocycles. The summed E-state index contributed by atoms with van der Waals surface area (Å²) < 4.78 is 0. The van der Waals surface area contributed by atoms with Crippen LogP contribution in [0.25, 0.3) is 0 Å². The molecule has 0 radical (unpaired) electrons. The van der Waals surface area contributed by atoms with Crippen LogP contribution in [0.1, 0.15) is 39.2 Å². The van der Waals surface area contributed by atoms with E-state index >= 15 is 0 Å². The van der Waals surface area contributed by atoms with Crippen LogP contribution >= 0.6 is 0 Å². The van der Waals surface area contributed by atoms with E-state index in [0.29, 0.717) is 12.3 Å². The van der Waals surface area contributed by atoms with Crippen molar-refractivity contribution in [3.05, 3.63) is 29.8 Å². The Morgan fingerprint density at radius 1 is 1.39 bits per heavy atom. The monoisotopic (exact) mass is 249 g/mol. The third kappa shape index (κ3) is 3.76. The molecular weight excluding hydrogens is 226 g/mol. The molecule has 0 spiro atoms. The Balaban J connectivity index is 2.86. The number of carboxylic acid groups (broad SMARTS) is 1. The van der Waals surface area contributed by atoms with E-state index in [4.69, 9.17) is 0 Å². The lowest BCUT2D eigenvalue weighted by atomic mass is 9.91. The molecule has 18 heavy (non-hydrogen) atoms. The van der Waals surface area contributed by atoms with E-state index < -0.39 is 11.5 Å². The van der Waals surface area contributed by atoms with Crippen LogP contribution in [0.3, 0.4) is 0 Å². The molecule has 0 bridgehead atoms. The Hall–Kier alpha value is -1.51. The Morgan fingerprint density at radius 3 is 2.50 bits per heavy atom. The summed E-state index contributed by atoms with van der Waals surface area (Å²) in [5.74, 6) is -0.297. The first-order chi connectivity index (χ1) is 8.35. The fourth-order valence-corrected chi connectivity index (χ4v) is 1.81. The molecule has 0 aromatic heterocycles. The smallest absolute Gasteiger partial charge is 0.329 e. The van der Waals surface area contributed by atoms with Gasteiger partial charge in [-0.2, -0.15) is 0 Å². The number of rotatable bonds is 6. The summed E-state index contributed by atoms with van der Waals surface area (Å²) in [5.41, 5.74) is 1.05. The van der Waals surface area contributed by atoms with Gasteiger partial charge in [-0.1, -0.05) is 32.0 Å². The minimum atomic E-state index is -0.906. The first kappa shape index (κ1) is 14.6.